The van der Waals surface area contributed by atoms with Crippen molar-refractivity contribution < 1.29 is 24.5 Å². The summed E-state index contributed by atoms with van der Waals surface area (Å²) in [6, 6.07) is 0. The van der Waals surface area contributed by atoms with E-state index in [-0.39, 0.29) is 6.32 Å². The molecule has 0 aliphatic carbocycles. The van der Waals surface area contributed by atoms with Gasteiger partial charge in [0, 0.05) is 11.3 Å². The third-order valence-electron chi connectivity index (χ3n) is 2.33. The first kappa shape index (κ1) is 15.0. The number of aliphatic hydroxyl groups is 1. The number of carboxylic acids is 1. The van der Waals surface area contributed by atoms with E-state index in [0.29, 0.717) is 0 Å². The number of hydrogen-bond acceptors (Lipinski definition) is 4. The van der Waals surface area contributed by atoms with Gasteiger partial charge < -0.3 is 14.9 Å². The number of rotatable bonds is 6. The van der Waals surface area contributed by atoms with Gasteiger partial charge in [0.2, 0.25) is 6.10 Å². The highest BCUT2D eigenvalue weighted by molar-refractivity contribution is 6.10. The number of hydrogen-bond donors (Lipinski definition) is 2. The summed E-state index contributed by atoms with van der Waals surface area (Å²) >= 11 is 0. The van der Waals surface area contributed by atoms with E-state index in [0.717, 1.165) is 0 Å². The van der Waals surface area contributed by atoms with Gasteiger partial charge in [-0.15, -0.1) is 0 Å². The van der Waals surface area contributed by atoms with E-state index in [9.17, 15) is 9.59 Å². The summed E-state index contributed by atoms with van der Waals surface area (Å²) in [7, 11) is 5.27. The molecule has 0 amide bonds. The normalized spacial score (nSPS) is 15.2. The molecule has 0 aromatic carbocycles. The summed E-state index contributed by atoms with van der Waals surface area (Å²) < 4.78 is 4.84. The van der Waals surface area contributed by atoms with Crippen LogP contribution < -0.4 is 0 Å². The summed E-state index contributed by atoms with van der Waals surface area (Å²) in [5.74, 6) is -2.51. The Bertz CT molecular complexity index is 264. The van der Waals surface area contributed by atoms with Gasteiger partial charge in [-0.1, -0.05) is 27.1 Å². The maximum absolute atomic E-state index is 11.4. The van der Waals surface area contributed by atoms with Gasteiger partial charge in [-0.2, -0.15) is 0 Å². The molecule has 0 fully saturated rings. The van der Waals surface area contributed by atoms with Gasteiger partial charge in [-0.25, -0.2) is 4.79 Å². The van der Waals surface area contributed by atoms with E-state index in [1.165, 1.54) is 13.8 Å². The third kappa shape index (κ3) is 3.85. The number of esters is 1. The van der Waals surface area contributed by atoms with Crippen molar-refractivity contribution in [3.8, 4) is 0 Å². The van der Waals surface area contributed by atoms with Crippen molar-refractivity contribution in [2.24, 2.45) is 11.3 Å². The van der Waals surface area contributed by atoms with Crippen molar-refractivity contribution in [2.45, 2.75) is 33.2 Å². The van der Waals surface area contributed by atoms with Crippen molar-refractivity contribution in [3.63, 3.8) is 0 Å². The minimum absolute atomic E-state index is 0.0880. The molecule has 2 atom stereocenters. The second-order valence-corrected chi connectivity index (χ2v) is 4.44. The Morgan fingerprint density at radius 3 is 2.25 bits per heavy atom. The molecule has 0 aliphatic heterocycles. The fourth-order valence-electron chi connectivity index (χ4n) is 0.956. The van der Waals surface area contributed by atoms with E-state index in [1.54, 1.807) is 6.92 Å². The van der Waals surface area contributed by atoms with E-state index >= 15 is 0 Å². The summed E-state index contributed by atoms with van der Waals surface area (Å²) in [5, 5.41) is 18.0. The fourth-order valence-corrected chi connectivity index (χ4v) is 0.956. The lowest BCUT2D eigenvalue weighted by Gasteiger charge is -2.29. The number of aliphatic hydroxyl groups excluding tert-OH is 1. The van der Waals surface area contributed by atoms with Gasteiger partial charge >= 0.3 is 11.9 Å². The van der Waals surface area contributed by atoms with E-state index in [4.69, 9.17) is 22.8 Å². The standard InChI is InChI=1S/C10H17BO5/c1-6(4-11)9(15)16-7(8(13)14)10(2,3)5-12/h6-7,12H,4-5H2,1-3H3,(H,13,14). The highest BCUT2D eigenvalue weighted by Crippen LogP contribution is 2.24. The summed E-state index contributed by atoms with van der Waals surface area (Å²) in [5.41, 5.74) is -1.03. The number of carboxylic acid groups (broad SMARTS) is 1. The van der Waals surface area contributed by atoms with Gasteiger partial charge in [0.1, 0.15) is 0 Å². The molecule has 5 nitrogen and oxygen atoms in total. The molecule has 2 N–H and O–H groups in total. The highest BCUT2D eigenvalue weighted by atomic mass is 16.6. The molecule has 6 heteroatoms. The molecular formula is C10H17BO5. The molecule has 0 spiro atoms. The van der Waals surface area contributed by atoms with Crippen molar-refractivity contribution in [1.29, 1.82) is 0 Å². The fraction of sp³-hybridized carbons (Fsp3) is 0.800. The average molecular weight is 228 g/mol. The van der Waals surface area contributed by atoms with Crippen LogP contribution in [0.1, 0.15) is 20.8 Å². The molecule has 2 radical (unpaired) electrons. The van der Waals surface area contributed by atoms with Gasteiger partial charge in [0.05, 0.1) is 14.5 Å². The predicted molar refractivity (Wildman–Crippen MR) is 58.1 cm³/mol. The van der Waals surface area contributed by atoms with Crippen LogP contribution in [0, 0.1) is 11.3 Å². The number of ether oxygens (including phenoxy) is 1. The molecule has 0 aromatic rings. The lowest BCUT2D eigenvalue weighted by Crippen LogP contribution is -2.43. The first-order chi connectivity index (χ1) is 7.26. The highest BCUT2D eigenvalue weighted by Gasteiger charge is 2.38. The second kappa shape index (κ2) is 5.89. The largest absolute Gasteiger partial charge is 0.478 e. The van der Waals surface area contributed by atoms with Gasteiger partial charge in [0.15, 0.2) is 0 Å². The molecule has 0 aromatic heterocycles. The quantitative estimate of drug-likeness (QED) is 0.502. The van der Waals surface area contributed by atoms with Gasteiger partial charge in [-0.3, -0.25) is 4.79 Å². The van der Waals surface area contributed by atoms with Crippen LogP contribution in [-0.4, -0.2) is 42.7 Å². The maximum Gasteiger partial charge on any atom is 0.345 e. The molecule has 16 heavy (non-hydrogen) atoms. The topological polar surface area (TPSA) is 83.8 Å². The second-order valence-electron chi connectivity index (χ2n) is 4.44. The molecule has 0 saturated carbocycles. The zero-order valence-electron chi connectivity index (χ0n) is 9.77. The minimum atomic E-state index is -1.38. The van der Waals surface area contributed by atoms with Crippen molar-refractivity contribution in [2.75, 3.05) is 6.61 Å². The average Bonchev–Trinajstić information content (AvgIpc) is 2.23. The van der Waals surface area contributed by atoms with E-state index in [1.807, 2.05) is 0 Å². The molecule has 0 aliphatic rings. The molecular weight excluding hydrogens is 211 g/mol. The molecule has 0 heterocycles. The lowest BCUT2D eigenvalue weighted by molar-refractivity contribution is -0.176. The molecule has 2 unspecified atom stereocenters. The van der Waals surface area contributed by atoms with Crippen molar-refractivity contribution in [1.82, 2.24) is 0 Å². The molecule has 90 valence electrons. The summed E-state index contributed by atoms with van der Waals surface area (Å²) in [4.78, 5) is 22.3. The van der Waals surface area contributed by atoms with Gasteiger partial charge in [0.25, 0.3) is 0 Å². The summed E-state index contributed by atoms with van der Waals surface area (Å²) in [6.45, 7) is 4.17. The first-order valence-corrected chi connectivity index (χ1v) is 5.00. The Labute approximate surface area is 96.2 Å². The van der Waals surface area contributed by atoms with Crippen LogP contribution >= 0.6 is 0 Å². The Morgan fingerprint density at radius 2 is 1.94 bits per heavy atom. The lowest BCUT2D eigenvalue weighted by atomic mass is 9.87. The first-order valence-electron chi connectivity index (χ1n) is 5.00. The van der Waals surface area contributed by atoms with Crippen LogP contribution in [0.5, 0.6) is 0 Å². The molecule has 0 saturated heterocycles. The third-order valence-corrected chi connectivity index (χ3v) is 2.33. The number of carbonyl (C=O) groups excluding carboxylic acids is 1. The zero-order valence-corrected chi connectivity index (χ0v) is 9.77. The van der Waals surface area contributed by atoms with E-state index in [2.05, 4.69) is 0 Å². The van der Waals surface area contributed by atoms with Crippen LogP contribution in [0.25, 0.3) is 0 Å². The SMILES string of the molecule is [B]CC(C)C(=O)OC(C(=O)O)C(C)(C)CO. The maximum atomic E-state index is 11.4. The Kier molecular flexibility index (Phi) is 5.51. The van der Waals surface area contributed by atoms with Crippen molar-refractivity contribution in [3.05, 3.63) is 0 Å². The van der Waals surface area contributed by atoms with Crippen LogP contribution in [0.15, 0.2) is 0 Å². The van der Waals surface area contributed by atoms with Gasteiger partial charge in [-0.05, 0) is 0 Å². The Morgan fingerprint density at radius 1 is 1.44 bits per heavy atom. The van der Waals surface area contributed by atoms with Crippen molar-refractivity contribution >= 4 is 19.8 Å². The predicted octanol–water partition coefficient (Wildman–Crippen LogP) is 0.224. The zero-order chi connectivity index (χ0) is 12.9. The monoisotopic (exact) mass is 228 g/mol. The number of carbonyl (C=O) groups is 2. The van der Waals surface area contributed by atoms with Crippen LogP contribution in [-0.2, 0) is 14.3 Å². The summed E-state index contributed by atoms with van der Waals surface area (Å²) in [6.07, 6.45) is -1.29. The Balaban J connectivity index is 4.72. The van der Waals surface area contributed by atoms with E-state index < -0.39 is 36.0 Å². The minimum Gasteiger partial charge on any atom is -0.478 e. The van der Waals surface area contributed by atoms with Crippen LogP contribution in [0.2, 0.25) is 6.32 Å². The van der Waals surface area contributed by atoms with Crippen LogP contribution in [0.4, 0.5) is 0 Å². The Hall–Kier alpha value is -1.04. The molecule has 0 rings (SSSR count). The smallest absolute Gasteiger partial charge is 0.345 e. The molecule has 0 bridgehead atoms. The number of aliphatic carboxylic acids is 1. The van der Waals surface area contributed by atoms with Crippen LogP contribution in [0.3, 0.4) is 0 Å².